The number of benzene rings is 1. The lowest BCUT2D eigenvalue weighted by Gasteiger charge is -2.18. The topological polar surface area (TPSA) is 67.3 Å². The molecule has 0 bridgehead atoms. The van der Waals surface area contributed by atoms with Gasteiger partial charge in [-0.05, 0) is 12.8 Å². The summed E-state index contributed by atoms with van der Waals surface area (Å²) in [5.74, 6) is 1.20. The highest BCUT2D eigenvalue weighted by atomic mass is 16.5. The first kappa shape index (κ1) is 16.4. The Labute approximate surface area is 141 Å². The summed E-state index contributed by atoms with van der Waals surface area (Å²) in [6, 6.07) is 11.5. The van der Waals surface area contributed by atoms with Crippen molar-refractivity contribution in [2.75, 3.05) is 38.3 Å². The molecule has 24 heavy (non-hydrogen) atoms. The minimum atomic E-state index is -0.202. The highest BCUT2D eigenvalue weighted by molar-refractivity contribution is 5.93. The van der Waals surface area contributed by atoms with Gasteiger partial charge in [0.15, 0.2) is 5.82 Å². The van der Waals surface area contributed by atoms with Crippen molar-refractivity contribution in [3.05, 3.63) is 42.1 Å². The van der Waals surface area contributed by atoms with Gasteiger partial charge in [0, 0.05) is 38.4 Å². The van der Waals surface area contributed by atoms with E-state index in [9.17, 15) is 4.79 Å². The van der Waals surface area contributed by atoms with Crippen LogP contribution in [-0.2, 0) is 4.74 Å². The molecule has 2 heterocycles. The van der Waals surface area contributed by atoms with Gasteiger partial charge in [-0.3, -0.25) is 4.79 Å². The molecule has 0 unspecified atom stereocenters. The first-order valence-corrected chi connectivity index (χ1v) is 8.24. The van der Waals surface area contributed by atoms with Crippen LogP contribution in [0.3, 0.4) is 0 Å². The average Bonchev–Trinajstić information content (AvgIpc) is 3.17. The van der Waals surface area contributed by atoms with Crippen LogP contribution in [0, 0.1) is 0 Å². The second-order valence-corrected chi connectivity index (χ2v) is 5.74. The Balaban J connectivity index is 1.92. The van der Waals surface area contributed by atoms with Crippen LogP contribution in [0.4, 0.5) is 5.82 Å². The van der Waals surface area contributed by atoms with Crippen LogP contribution >= 0.6 is 0 Å². The van der Waals surface area contributed by atoms with Gasteiger partial charge in [-0.2, -0.15) is 0 Å². The zero-order chi connectivity index (χ0) is 16.8. The number of amides is 1. The summed E-state index contributed by atoms with van der Waals surface area (Å²) in [5.41, 5.74) is 1.30. The predicted molar refractivity (Wildman–Crippen MR) is 93.1 cm³/mol. The summed E-state index contributed by atoms with van der Waals surface area (Å²) in [5, 5.41) is 2.82. The summed E-state index contributed by atoms with van der Waals surface area (Å²) in [7, 11) is 1.61. The van der Waals surface area contributed by atoms with Gasteiger partial charge in [-0.15, -0.1) is 0 Å². The van der Waals surface area contributed by atoms with E-state index in [1.807, 2.05) is 30.3 Å². The molecule has 1 saturated heterocycles. The zero-order valence-electron chi connectivity index (χ0n) is 13.9. The van der Waals surface area contributed by atoms with Crippen molar-refractivity contribution in [1.29, 1.82) is 0 Å². The van der Waals surface area contributed by atoms with Crippen LogP contribution in [0.1, 0.15) is 23.3 Å². The fourth-order valence-electron chi connectivity index (χ4n) is 2.73. The molecular formula is C18H22N4O2. The summed E-state index contributed by atoms with van der Waals surface area (Å²) in [6.45, 7) is 2.87. The maximum Gasteiger partial charge on any atom is 0.270 e. The number of methoxy groups -OCH3 is 1. The molecule has 1 aromatic carbocycles. The van der Waals surface area contributed by atoms with Gasteiger partial charge in [0.05, 0.1) is 6.61 Å². The minimum absolute atomic E-state index is 0.202. The summed E-state index contributed by atoms with van der Waals surface area (Å²) >= 11 is 0. The third-order valence-corrected chi connectivity index (χ3v) is 4.00. The molecule has 1 aliphatic heterocycles. The van der Waals surface area contributed by atoms with Crippen LogP contribution in [0.15, 0.2) is 36.4 Å². The van der Waals surface area contributed by atoms with Crippen molar-refractivity contribution in [3.8, 4) is 11.4 Å². The van der Waals surface area contributed by atoms with Gasteiger partial charge in [0.1, 0.15) is 11.5 Å². The molecule has 1 N–H and O–H groups in total. The first-order valence-electron chi connectivity index (χ1n) is 8.24. The molecule has 0 saturated carbocycles. The predicted octanol–water partition coefficient (Wildman–Crippen LogP) is 2.12. The molecule has 1 fully saturated rings. The molecule has 0 atom stereocenters. The molecule has 0 spiro atoms. The quantitative estimate of drug-likeness (QED) is 0.824. The van der Waals surface area contributed by atoms with Crippen molar-refractivity contribution >= 4 is 11.7 Å². The van der Waals surface area contributed by atoms with Crippen LogP contribution < -0.4 is 10.2 Å². The smallest absolute Gasteiger partial charge is 0.270 e. The third-order valence-electron chi connectivity index (χ3n) is 4.00. The standard InChI is InChI=1S/C18H22N4O2/c1-24-12-9-19-18(23)15-13-16(22-10-5-6-11-22)21-17(20-15)14-7-3-2-4-8-14/h2-4,7-8,13H,5-6,9-12H2,1H3,(H,19,23). The summed E-state index contributed by atoms with van der Waals surface area (Å²) in [4.78, 5) is 23.7. The molecule has 1 amide bonds. The molecule has 1 aliphatic rings. The van der Waals surface area contributed by atoms with E-state index in [4.69, 9.17) is 4.74 Å². The van der Waals surface area contributed by atoms with E-state index in [1.54, 1.807) is 13.2 Å². The second-order valence-electron chi connectivity index (χ2n) is 5.74. The van der Waals surface area contributed by atoms with Gasteiger partial charge >= 0.3 is 0 Å². The lowest BCUT2D eigenvalue weighted by atomic mass is 10.2. The number of hydrogen-bond acceptors (Lipinski definition) is 5. The Morgan fingerprint density at radius 1 is 1.21 bits per heavy atom. The largest absolute Gasteiger partial charge is 0.383 e. The molecule has 0 aliphatic carbocycles. The molecule has 6 nitrogen and oxygen atoms in total. The van der Waals surface area contributed by atoms with Gasteiger partial charge in [0.25, 0.3) is 5.91 Å². The molecular weight excluding hydrogens is 304 g/mol. The minimum Gasteiger partial charge on any atom is -0.383 e. The number of carbonyl (C=O) groups excluding carboxylic acids is 1. The van der Waals surface area contributed by atoms with Gasteiger partial charge < -0.3 is 15.0 Å². The lowest BCUT2D eigenvalue weighted by Crippen LogP contribution is -2.29. The van der Waals surface area contributed by atoms with Crippen molar-refractivity contribution < 1.29 is 9.53 Å². The Morgan fingerprint density at radius 3 is 2.67 bits per heavy atom. The van der Waals surface area contributed by atoms with E-state index in [0.717, 1.165) is 37.3 Å². The van der Waals surface area contributed by atoms with Crippen LogP contribution in [0.5, 0.6) is 0 Å². The second kappa shape index (κ2) is 7.88. The van der Waals surface area contributed by atoms with Crippen LogP contribution in [0.2, 0.25) is 0 Å². The van der Waals surface area contributed by atoms with E-state index >= 15 is 0 Å². The molecule has 3 rings (SSSR count). The maximum atomic E-state index is 12.4. The molecule has 126 valence electrons. The van der Waals surface area contributed by atoms with Crippen LogP contribution in [0.25, 0.3) is 11.4 Å². The normalized spacial score (nSPS) is 14.0. The number of nitrogens with one attached hydrogen (secondary N) is 1. The number of hydrogen-bond donors (Lipinski definition) is 1. The Morgan fingerprint density at radius 2 is 1.96 bits per heavy atom. The van der Waals surface area contributed by atoms with E-state index in [1.165, 1.54) is 0 Å². The van der Waals surface area contributed by atoms with Crippen molar-refractivity contribution in [1.82, 2.24) is 15.3 Å². The van der Waals surface area contributed by atoms with Crippen LogP contribution in [-0.4, -0.2) is 49.2 Å². The van der Waals surface area contributed by atoms with Crippen molar-refractivity contribution in [2.45, 2.75) is 12.8 Å². The number of rotatable bonds is 6. The number of aromatic nitrogens is 2. The molecule has 1 aromatic heterocycles. The highest BCUT2D eigenvalue weighted by Crippen LogP contribution is 2.23. The summed E-state index contributed by atoms with van der Waals surface area (Å²) < 4.78 is 4.97. The van der Waals surface area contributed by atoms with E-state index in [2.05, 4.69) is 20.2 Å². The summed E-state index contributed by atoms with van der Waals surface area (Å²) in [6.07, 6.45) is 2.31. The maximum absolute atomic E-state index is 12.4. The third kappa shape index (κ3) is 3.89. The average molecular weight is 326 g/mol. The molecule has 2 aromatic rings. The molecule has 0 radical (unpaired) electrons. The Hall–Kier alpha value is -2.47. The SMILES string of the molecule is COCCNC(=O)c1cc(N2CCCC2)nc(-c2ccccc2)n1. The van der Waals surface area contributed by atoms with Gasteiger partial charge in [-0.1, -0.05) is 30.3 Å². The zero-order valence-corrected chi connectivity index (χ0v) is 13.9. The van der Waals surface area contributed by atoms with Gasteiger partial charge in [-0.25, -0.2) is 9.97 Å². The number of carbonyl (C=O) groups is 1. The number of ether oxygens (including phenoxy) is 1. The number of nitrogens with zero attached hydrogens (tertiary/aromatic N) is 3. The first-order chi connectivity index (χ1) is 11.8. The Kier molecular flexibility index (Phi) is 5.38. The molecule has 6 heteroatoms. The van der Waals surface area contributed by atoms with Crippen molar-refractivity contribution in [2.24, 2.45) is 0 Å². The van der Waals surface area contributed by atoms with E-state index < -0.39 is 0 Å². The highest BCUT2D eigenvalue weighted by Gasteiger charge is 2.18. The fourth-order valence-corrected chi connectivity index (χ4v) is 2.73. The fraction of sp³-hybridized carbons (Fsp3) is 0.389. The van der Waals surface area contributed by atoms with E-state index in [0.29, 0.717) is 24.7 Å². The Bertz CT molecular complexity index is 685. The van der Waals surface area contributed by atoms with E-state index in [-0.39, 0.29) is 5.91 Å². The number of anilines is 1. The monoisotopic (exact) mass is 326 g/mol. The van der Waals surface area contributed by atoms with Gasteiger partial charge in [0.2, 0.25) is 0 Å². The lowest BCUT2D eigenvalue weighted by molar-refractivity contribution is 0.0932. The van der Waals surface area contributed by atoms with Crippen molar-refractivity contribution in [3.63, 3.8) is 0 Å².